The summed E-state index contributed by atoms with van der Waals surface area (Å²) in [7, 11) is 0. The second-order valence-corrected chi connectivity index (χ2v) is 12.9. The molecular formula is C33H45N3O7. The Morgan fingerprint density at radius 1 is 0.930 bits per heavy atom. The van der Waals surface area contributed by atoms with Crippen LogP contribution in [0.3, 0.4) is 0 Å². The van der Waals surface area contributed by atoms with Crippen LogP contribution in [0.15, 0.2) is 48.5 Å². The second-order valence-electron chi connectivity index (χ2n) is 12.9. The molecule has 3 N–H and O–H groups in total. The molecule has 3 rings (SSSR count). The van der Waals surface area contributed by atoms with E-state index < -0.39 is 53.7 Å². The van der Waals surface area contributed by atoms with E-state index in [9.17, 15) is 24.3 Å². The number of para-hydroxylation sites is 1. The summed E-state index contributed by atoms with van der Waals surface area (Å²) in [5.74, 6) is -1.92. The van der Waals surface area contributed by atoms with E-state index >= 15 is 0 Å². The zero-order valence-corrected chi connectivity index (χ0v) is 26.2. The fourth-order valence-corrected chi connectivity index (χ4v) is 4.76. The van der Waals surface area contributed by atoms with Crippen LogP contribution in [-0.2, 0) is 30.3 Å². The van der Waals surface area contributed by atoms with Crippen molar-refractivity contribution in [3.63, 3.8) is 0 Å². The summed E-state index contributed by atoms with van der Waals surface area (Å²) in [4.78, 5) is 55.1. The third-order valence-electron chi connectivity index (χ3n) is 6.92. The molecule has 0 aromatic heterocycles. The topological polar surface area (TPSA) is 134 Å². The Morgan fingerprint density at radius 3 is 2.12 bits per heavy atom. The Balaban J connectivity index is 1.99. The summed E-state index contributed by atoms with van der Waals surface area (Å²) in [6, 6.07) is 11.6. The number of carbonyl (C=O) groups is 4. The summed E-state index contributed by atoms with van der Waals surface area (Å²) in [5.41, 5.74) is -0.00553. The van der Waals surface area contributed by atoms with E-state index in [1.807, 2.05) is 30.3 Å². The zero-order chi connectivity index (χ0) is 31.9. The number of alkyl carbamates (subject to hydrolysis) is 1. The first kappa shape index (κ1) is 33.4. The van der Waals surface area contributed by atoms with Gasteiger partial charge in [-0.3, -0.25) is 9.59 Å². The Morgan fingerprint density at radius 2 is 1.56 bits per heavy atom. The Hall–Kier alpha value is -4.08. The van der Waals surface area contributed by atoms with Crippen LogP contribution < -0.4 is 10.6 Å². The molecule has 0 heterocycles. The maximum absolute atomic E-state index is 14.3. The highest BCUT2D eigenvalue weighted by atomic mass is 16.6. The summed E-state index contributed by atoms with van der Waals surface area (Å²) in [6.07, 6.45) is 1.55. The van der Waals surface area contributed by atoms with Crippen molar-refractivity contribution in [1.29, 1.82) is 0 Å². The molecule has 1 saturated carbocycles. The van der Waals surface area contributed by atoms with Crippen LogP contribution in [0.2, 0.25) is 0 Å². The molecule has 2 aromatic carbocycles. The Labute approximate surface area is 254 Å². The molecule has 1 aliphatic rings. The van der Waals surface area contributed by atoms with E-state index in [1.165, 1.54) is 4.90 Å². The number of carbonyl (C=O) groups excluding carboxylic acids is 4. The first-order chi connectivity index (χ1) is 20.1. The minimum atomic E-state index is -1.28. The number of amides is 3. The van der Waals surface area contributed by atoms with Crippen molar-refractivity contribution in [2.75, 3.05) is 6.54 Å². The third-order valence-corrected chi connectivity index (χ3v) is 6.92. The number of benzene rings is 2. The highest BCUT2D eigenvalue weighted by molar-refractivity contribution is 5.93. The Kier molecular flexibility index (Phi) is 10.8. The molecule has 2 atom stereocenters. The number of ether oxygens (including phenoxy) is 2. The summed E-state index contributed by atoms with van der Waals surface area (Å²) in [5, 5.41) is 16.4. The minimum Gasteiger partial charge on any atom is -0.507 e. The molecular weight excluding hydrogens is 550 g/mol. The van der Waals surface area contributed by atoms with Crippen molar-refractivity contribution in [2.45, 2.75) is 103 Å². The van der Waals surface area contributed by atoms with Gasteiger partial charge in [0.05, 0.1) is 0 Å². The van der Waals surface area contributed by atoms with Crippen molar-refractivity contribution in [3.05, 3.63) is 65.2 Å². The van der Waals surface area contributed by atoms with Gasteiger partial charge in [0.25, 0.3) is 0 Å². The van der Waals surface area contributed by atoms with Crippen LogP contribution in [0, 0.1) is 6.92 Å². The Bertz CT molecular complexity index is 1290. The zero-order valence-electron chi connectivity index (χ0n) is 26.2. The van der Waals surface area contributed by atoms with Crippen molar-refractivity contribution in [3.8, 4) is 5.75 Å². The maximum Gasteiger partial charge on any atom is 0.408 e. The predicted molar refractivity (Wildman–Crippen MR) is 162 cm³/mol. The van der Waals surface area contributed by atoms with E-state index in [1.54, 1.807) is 66.7 Å². The maximum atomic E-state index is 14.3. The standard InChI is InChI=1S/C33H45N3O7/c1-21-13-11-18-24(28(21)38)27(36(23-16-12-17-23)26(37)20-34-31(41)43-33(5,6)7)29(39)35-25(30(40)42-32(2,3)4)19-22-14-9-8-10-15-22/h8-11,13-15,18,23,25,27,38H,12,16-17,19-20H2,1-7H3,(H,34,41)(H,35,39). The van der Waals surface area contributed by atoms with Gasteiger partial charge in [-0.15, -0.1) is 0 Å². The van der Waals surface area contributed by atoms with Crippen molar-refractivity contribution >= 4 is 23.9 Å². The van der Waals surface area contributed by atoms with E-state index in [2.05, 4.69) is 10.6 Å². The van der Waals surface area contributed by atoms with E-state index in [-0.39, 0.29) is 23.8 Å². The lowest BCUT2D eigenvalue weighted by atomic mass is 9.88. The number of hydrogen-bond donors (Lipinski definition) is 3. The molecule has 10 nitrogen and oxygen atoms in total. The summed E-state index contributed by atoms with van der Waals surface area (Å²) >= 11 is 0. The molecule has 0 aliphatic heterocycles. The number of phenols is 1. The smallest absolute Gasteiger partial charge is 0.408 e. The average Bonchev–Trinajstić information content (AvgIpc) is 2.86. The first-order valence-electron chi connectivity index (χ1n) is 14.7. The van der Waals surface area contributed by atoms with Crippen molar-refractivity contribution in [1.82, 2.24) is 15.5 Å². The van der Waals surface area contributed by atoms with Gasteiger partial charge in [-0.2, -0.15) is 0 Å². The normalized spacial score (nSPS) is 15.0. The molecule has 234 valence electrons. The van der Waals surface area contributed by atoms with E-state index in [0.717, 1.165) is 12.0 Å². The fourth-order valence-electron chi connectivity index (χ4n) is 4.76. The molecule has 2 unspecified atom stereocenters. The molecule has 0 bridgehead atoms. The van der Waals surface area contributed by atoms with Crippen LogP contribution >= 0.6 is 0 Å². The highest BCUT2D eigenvalue weighted by Gasteiger charge is 2.41. The quantitative estimate of drug-likeness (QED) is 0.339. The van der Waals surface area contributed by atoms with E-state index in [0.29, 0.717) is 18.4 Å². The second kappa shape index (κ2) is 13.9. The third kappa shape index (κ3) is 9.73. The number of aromatic hydroxyl groups is 1. The molecule has 0 spiro atoms. The van der Waals surface area contributed by atoms with Crippen LogP contribution in [0.4, 0.5) is 4.79 Å². The average molecular weight is 596 g/mol. The predicted octanol–water partition coefficient (Wildman–Crippen LogP) is 4.72. The molecule has 3 amide bonds. The number of esters is 1. The molecule has 43 heavy (non-hydrogen) atoms. The van der Waals surface area contributed by atoms with Crippen molar-refractivity contribution < 1.29 is 33.8 Å². The highest BCUT2D eigenvalue weighted by Crippen LogP contribution is 2.37. The summed E-state index contributed by atoms with van der Waals surface area (Å²) in [6.45, 7) is 11.7. The first-order valence-corrected chi connectivity index (χ1v) is 14.7. The van der Waals surface area contributed by atoms with Crippen LogP contribution in [-0.4, -0.2) is 63.7 Å². The monoisotopic (exact) mass is 595 g/mol. The number of hydrogen-bond acceptors (Lipinski definition) is 7. The van der Waals surface area contributed by atoms with E-state index in [4.69, 9.17) is 9.47 Å². The van der Waals surface area contributed by atoms with Gasteiger partial charge in [-0.1, -0.05) is 48.5 Å². The van der Waals surface area contributed by atoms with Crippen molar-refractivity contribution in [2.24, 2.45) is 0 Å². The molecule has 0 saturated heterocycles. The number of phenolic OH excluding ortho intramolecular Hbond substituents is 1. The lowest BCUT2D eigenvalue weighted by Crippen LogP contribution is -2.56. The molecule has 1 fully saturated rings. The largest absolute Gasteiger partial charge is 0.507 e. The van der Waals surface area contributed by atoms with Gasteiger partial charge in [0.15, 0.2) is 0 Å². The molecule has 1 aliphatic carbocycles. The number of nitrogens with zero attached hydrogens (tertiary/aromatic N) is 1. The van der Waals surface area contributed by atoms with Crippen LogP contribution in [0.1, 0.15) is 83.5 Å². The fraction of sp³-hybridized carbons (Fsp3) is 0.515. The lowest BCUT2D eigenvalue weighted by Gasteiger charge is -2.42. The molecule has 2 aromatic rings. The van der Waals surface area contributed by atoms with Gasteiger partial charge in [0.2, 0.25) is 11.8 Å². The van der Waals surface area contributed by atoms with Gasteiger partial charge >= 0.3 is 12.1 Å². The van der Waals surface area contributed by atoms with Gasteiger partial charge in [0, 0.05) is 18.0 Å². The van der Waals surface area contributed by atoms with Crippen LogP contribution in [0.25, 0.3) is 0 Å². The van der Waals surface area contributed by atoms with Gasteiger partial charge < -0.3 is 30.1 Å². The lowest BCUT2D eigenvalue weighted by molar-refractivity contribution is -0.159. The SMILES string of the molecule is Cc1cccc(C(C(=O)NC(Cc2ccccc2)C(=O)OC(C)(C)C)N(C(=O)CNC(=O)OC(C)(C)C)C2CCC2)c1O. The number of aryl methyl sites for hydroxylation is 1. The van der Waals surface area contributed by atoms with Gasteiger partial charge in [-0.25, -0.2) is 9.59 Å². The molecule has 10 heteroatoms. The van der Waals surface area contributed by atoms with Crippen LogP contribution in [0.5, 0.6) is 5.75 Å². The number of rotatable bonds is 10. The van der Waals surface area contributed by atoms with Gasteiger partial charge in [-0.05, 0) is 78.9 Å². The molecule has 0 radical (unpaired) electrons. The summed E-state index contributed by atoms with van der Waals surface area (Å²) < 4.78 is 10.9. The number of nitrogens with one attached hydrogen (secondary N) is 2. The minimum absolute atomic E-state index is 0.128. The van der Waals surface area contributed by atoms with Gasteiger partial charge in [0.1, 0.15) is 35.6 Å².